The van der Waals surface area contributed by atoms with Crippen molar-refractivity contribution in [3.63, 3.8) is 0 Å². The highest BCUT2D eigenvalue weighted by Crippen LogP contribution is 2.46. The van der Waals surface area contributed by atoms with Gasteiger partial charge >= 0.3 is 5.63 Å². The Morgan fingerprint density at radius 1 is 1.31 bits per heavy atom. The van der Waals surface area contributed by atoms with E-state index in [9.17, 15) is 9.59 Å². The lowest BCUT2D eigenvalue weighted by Crippen LogP contribution is -2.28. The maximum atomic E-state index is 13.0. The summed E-state index contributed by atoms with van der Waals surface area (Å²) in [6.45, 7) is 9.17. The molecule has 5 heteroatoms. The Hall–Kier alpha value is -2.82. The Morgan fingerprint density at radius 2 is 2.00 bits per heavy atom. The molecule has 2 heterocycles. The van der Waals surface area contributed by atoms with Crippen LogP contribution < -0.4 is 15.1 Å². The number of ketones is 1. The molecule has 0 aliphatic carbocycles. The van der Waals surface area contributed by atoms with Gasteiger partial charge in [-0.25, -0.2) is 4.79 Å². The Kier molecular flexibility index (Phi) is 4.26. The van der Waals surface area contributed by atoms with Crippen LogP contribution in [0.15, 0.2) is 33.0 Å². The zero-order valence-electron chi connectivity index (χ0n) is 15.9. The molecule has 2 aromatic rings. The maximum absolute atomic E-state index is 13.0. The van der Waals surface area contributed by atoms with Crippen molar-refractivity contribution in [1.82, 2.24) is 0 Å². The van der Waals surface area contributed by atoms with Crippen molar-refractivity contribution in [2.45, 2.75) is 40.2 Å². The molecule has 0 unspecified atom stereocenters. The van der Waals surface area contributed by atoms with Crippen LogP contribution in [0.5, 0.6) is 11.5 Å². The number of ether oxygens (including phenoxy) is 2. The molecule has 1 aliphatic rings. The minimum Gasteiger partial charge on any atom is -0.495 e. The molecular weight excluding hydrogens is 332 g/mol. The van der Waals surface area contributed by atoms with E-state index in [0.717, 1.165) is 0 Å². The first-order valence-corrected chi connectivity index (χ1v) is 8.44. The van der Waals surface area contributed by atoms with Gasteiger partial charge in [-0.2, -0.15) is 0 Å². The molecule has 5 nitrogen and oxygen atoms in total. The van der Waals surface area contributed by atoms with Gasteiger partial charge in [-0.15, -0.1) is 0 Å². The third-order valence-electron chi connectivity index (χ3n) is 4.57. The topological polar surface area (TPSA) is 65.7 Å². The molecule has 0 saturated carbocycles. The van der Waals surface area contributed by atoms with E-state index in [1.807, 2.05) is 26.0 Å². The quantitative estimate of drug-likeness (QED) is 0.463. The van der Waals surface area contributed by atoms with Crippen LogP contribution in [0.3, 0.4) is 0 Å². The van der Waals surface area contributed by atoms with Gasteiger partial charge in [-0.05, 0) is 57.9 Å². The van der Waals surface area contributed by atoms with E-state index < -0.39 is 11.2 Å². The second kappa shape index (κ2) is 6.16. The number of Topliss-reactive ketones (excluding diaryl/α,β-unsaturated/α-hetero) is 1. The van der Waals surface area contributed by atoms with Gasteiger partial charge in [0.15, 0.2) is 11.4 Å². The van der Waals surface area contributed by atoms with Gasteiger partial charge in [-0.1, -0.05) is 6.08 Å². The number of allylic oxidation sites excluding steroid dienone is 2. The molecule has 1 aliphatic heterocycles. The number of rotatable bonds is 3. The summed E-state index contributed by atoms with van der Waals surface area (Å²) in [5.41, 5.74) is 1.29. The predicted octanol–water partition coefficient (Wildman–Crippen LogP) is 4.44. The van der Waals surface area contributed by atoms with Crippen molar-refractivity contribution in [3.8, 4) is 11.5 Å². The molecule has 1 aromatic heterocycles. The van der Waals surface area contributed by atoms with Crippen molar-refractivity contribution in [2.24, 2.45) is 0 Å². The summed E-state index contributed by atoms with van der Waals surface area (Å²) in [5, 5.41) is 0.616. The average molecular weight is 354 g/mol. The van der Waals surface area contributed by atoms with E-state index in [0.29, 0.717) is 33.6 Å². The molecule has 26 heavy (non-hydrogen) atoms. The molecule has 0 fully saturated rings. The summed E-state index contributed by atoms with van der Waals surface area (Å²) in [4.78, 5) is 25.1. The molecule has 136 valence electrons. The highest BCUT2D eigenvalue weighted by molar-refractivity contribution is 6.19. The molecule has 0 bridgehead atoms. The number of hydrogen-bond acceptors (Lipinski definition) is 5. The molecule has 0 atom stereocenters. The van der Waals surface area contributed by atoms with Crippen molar-refractivity contribution in [3.05, 3.63) is 50.9 Å². The van der Waals surface area contributed by atoms with Gasteiger partial charge in [0.25, 0.3) is 0 Å². The highest BCUT2D eigenvalue weighted by atomic mass is 16.5. The summed E-state index contributed by atoms with van der Waals surface area (Å²) in [7, 11) is 1.49. The van der Waals surface area contributed by atoms with Gasteiger partial charge in [0.1, 0.15) is 22.7 Å². The number of hydrogen-bond donors (Lipinski definition) is 0. The lowest BCUT2D eigenvalue weighted by molar-refractivity contribution is 0.103. The van der Waals surface area contributed by atoms with Gasteiger partial charge in [0, 0.05) is 6.07 Å². The molecule has 0 saturated heterocycles. The van der Waals surface area contributed by atoms with Crippen LogP contribution in [0.25, 0.3) is 17.0 Å². The molecule has 0 radical (unpaired) electrons. The molecule has 3 rings (SSSR count). The maximum Gasteiger partial charge on any atom is 0.336 e. The van der Waals surface area contributed by atoms with Crippen LogP contribution >= 0.6 is 0 Å². The Balaban J connectivity index is 2.56. The zero-order chi connectivity index (χ0) is 19.2. The van der Waals surface area contributed by atoms with Crippen LogP contribution in [-0.2, 0) is 0 Å². The number of aryl methyl sites for hydroxylation is 1. The van der Waals surface area contributed by atoms with Crippen LogP contribution in [0.2, 0.25) is 0 Å². The van der Waals surface area contributed by atoms with Gasteiger partial charge in [0.2, 0.25) is 0 Å². The second-order valence-corrected chi connectivity index (χ2v) is 6.94. The lowest BCUT2D eigenvalue weighted by atomic mass is 9.92. The molecule has 0 spiro atoms. The Bertz CT molecular complexity index is 1030. The van der Waals surface area contributed by atoms with Crippen LogP contribution in [0.4, 0.5) is 0 Å². The van der Waals surface area contributed by atoms with Crippen molar-refractivity contribution < 1.29 is 18.7 Å². The van der Waals surface area contributed by atoms with Crippen LogP contribution in [-0.4, -0.2) is 18.5 Å². The number of fused-ring (bicyclic) bond motifs is 3. The Morgan fingerprint density at radius 3 is 2.62 bits per heavy atom. The first-order chi connectivity index (χ1) is 12.2. The van der Waals surface area contributed by atoms with Gasteiger partial charge in [-0.3, -0.25) is 4.79 Å². The fourth-order valence-corrected chi connectivity index (χ4v) is 3.13. The van der Waals surface area contributed by atoms with Crippen LogP contribution in [0.1, 0.15) is 49.2 Å². The third kappa shape index (κ3) is 2.73. The minimum atomic E-state index is -0.529. The first kappa shape index (κ1) is 18.0. The van der Waals surface area contributed by atoms with Crippen molar-refractivity contribution >= 4 is 22.8 Å². The van der Waals surface area contributed by atoms with E-state index >= 15 is 0 Å². The largest absolute Gasteiger partial charge is 0.495 e. The normalized spacial score (nSPS) is 15.5. The van der Waals surface area contributed by atoms with Crippen molar-refractivity contribution in [2.75, 3.05) is 7.11 Å². The van der Waals surface area contributed by atoms with E-state index in [1.165, 1.54) is 13.2 Å². The molecular formula is C21H22O5. The van der Waals surface area contributed by atoms with Crippen LogP contribution in [0, 0.1) is 6.92 Å². The molecule has 1 aromatic carbocycles. The summed E-state index contributed by atoms with van der Waals surface area (Å²) in [6, 6.07) is 1.40. The monoisotopic (exact) mass is 354 g/mol. The standard InChI is InChI=1S/C21H22O5/c1-7-11(2)17(23)16-18(24-6)13-8-9-21(4,5)26-19(13)15-12(3)10-14(22)25-20(15)16/h7-10H,1-6H3/b11-7+. The number of carbonyl (C=O) groups is 1. The number of methoxy groups -OCH3 is 1. The SMILES string of the molecule is C/C=C(\C)C(=O)c1c(OC)c2c(c3c(C)cc(=O)oc13)OC(C)(C)C=C2. The highest BCUT2D eigenvalue weighted by Gasteiger charge is 2.32. The minimum absolute atomic E-state index is 0.197. The number of benzene rings is 1. The van der Waals surface area contributed by atoms with Crippen molar-refractivity contribution in [1.29, 1.82) is 0 Å². The third-order valence-corrected chi connectivity index (χ3v) is 4.57. The molecule has 0 amide bonds. The van der Waals surface area contributed by atoms with E-state index in [4.69, 9.17) is 13.9 Å². The predicted molar refractivity (Wildman–Crippen MR) is 101 cm³/mol. The summed E-state index contributed by atoms with van der Waals surface area (Å²) in [5.74, 6) is 0.656. The first-order valence-electron chi connectivity index (χ1n) is 8.44. The fraction of sp³-hybridized carbons (Fsp3) is 0.333. The zero-order valence-corrected chi connectivity index (χ0v) is 15.9. The average Bonchev–Trinajstić information content (AvgIpc) is 2.57. The summed E-state index contributed by atoms with van der Waals surface area (Å²) >= 11 is 0. The van der Waals surface area contributed by atoms with E-state index in [1.54, 1.807) is 26.8 Å². The summed E-state index contributed by atoms with van der Waals surface area (Å²) < 4.78 is 17.2. The van der Waals surface area contributed by atoms with E-state index in [-0.39, 0.29) is 16.9 Å². The number of carbonyl (C=O) groups excluding carboxylic acids is 1. The lowest BCUT2D eigenvalue weighted by Gasteiger charge is -2.30. The van der Waals surface area contributed by atoms with Gasteiger partial charge < -0.3 is 13.9 Å². The summed E-state index contributed by atoms with van der Waals surface area (Å²) in [6.07, 6.45) is 5.52. The smallest absolute Gasteiger partial charge is 0.336 e. The van der Waals surface area contributed by atoms with Gasteiger partial charge in [0.05, 0.1) is 18.1 Å². The Labute approximate surface area is 151 Å². The fourth-order valence-electron chi connectivity index (χ4n) is 3.13. The second-order valence-electron chi connectivity index (χ2n) is 6.94. The molecule has 0 N–H and O–H groups in total. The van der Waals surface area contributed by atoms with E-state index in [2.05, 4.69) is 0 Å².